The molecule has 1 aromatic rings. The van der Waals surface area contributed by atoms with Crippen molar-refractivity contribution < 1.29 is 9.53 Å². The molecule has 1 amide bonds. The van der Waals surface area contributed by atoms with Crippen LogP contribution in [0.2, 0.25) is 0 Å². The van der Waals surface area contributed by atoms with Gasteiger partial charge in [-0.1, -0.05) is 19.3 Å². The van der Waals surface area contributed by atoms with Crippen molar-refractivity contribution in [3.05, 3.63) is 11.6 Å². The first-order chi connectivity index (χ1) is 11.2. The van der Waals surface area contributed by atoms with E-state index < -0.39 is 0 Å². The van der Waals surface area contributed by atoms with Crippen molar-refractivity contribution in [1.82, 2.24) is 25.4 Å². The standard InChI is InChI=1S/C16H27N5O2/c1-12-17-16(20-19-12)14-11-21(9-10-23-14)8-7-15(22)18-13-5-3-2-4-6-13/h13-14H,2-11H2,1H3,(H,18,22)(H,17,19,20). The summed E-state index contributed by atoms with van der Waals surface area (Å²) in [4.78, 5) is 18.7. The summed E-state index contributed by atoms with van der Waals surface area (Å²) in [7, 11) is 0. The van der Waals surface area contributed by atoms with Gasteiger partial charge in [-0.15, -0.1) is 0 Å². The summed E-state index contributed by atoms with van der Waals surface area (Å²) in [5.41, 5.74) is 0. The first-order valence-electron chi connectivity index (χ1n) is 8.73. The topological polar surface area (TPSA) is 83.1 Å². The van der Waals surface area contributed by atoms with E-state index in [1.807, 2.05) is 6.92 Å². The Kier molecular flexibility index (Phi) is 5.61. The van der Waals surface area contributed by atoms with E-state index >= 15 is 0 Å². The number of nitrogens with zero attached hydrogens (tertiary/aromatic N) is 3. The van der Waals surface area contributed by atoms with Gasteiger partial charge in [-0.25, -0.2) is 4.98 Å². The summed E-state index contributed by atoms with van der Waals surface area (Å²) in [6, 6.07) is 0.393. The average Bonchev–Trinajstić information content (AvgIpc) is 3.01. The number of H-pyrrole nitrogens is 1. The van der Waals surface area contributed by atoms with Crippen molar-refractivity contribution in [3.8, 4) is 0 Å². The van der Waals surface area contributed by atoms with Gasteiger partial charge in [0.1, 0.15) is 11.9 Å². The molecule has 2 N–H and O–H groups in total. The fraction of sp³-hybridized carbons (Fsp3) is 0.812. The van der Waals surface area contributed by atoms with E-state index in [1.54, 1.807) is 0 Å². The maximum Gasteiger partial charge on any atom is 0.221 e. The number of aryl methyl sites for hydroxylation is 1. The summed E-state index contributed by atoms with van der Waals surface area (Å²) >= 11 is 0. The van der Waals surface area contributed by atoms with Crippen LogP contribution in [-0.2, 0) is 9.53 Å². The van der Waals surface area contributed by atoms with Gasteiger partial charge in [-0.3, -0.25) is 14.8 Å². The van der Waals surface area contributed by atoms with Crippen LogP contribution < -0.4 is 5.32 Å². The third-order valence-electron chi connectivity index (χ3n) is 4.68. The van der Waals surface area contributed by atoms with Gasteiger partial charge in [0.15, 0.2) is 5.82 Å². The smallest absolute Gasteiger partial charge is 0.221 e. The zero-order valence-electron chi connectivity index (χ0n) is 13.9. The van der Waals surface area contributed by atoms with Crippen molar-refractivity contribution in [2.75, 3.05) is 26.2 Å². The van der Waals surface area contributed by atoms with Gasteiger partial charge in [0, 0.05) is 32.1 Å². The van der Waals surface area contributed by atoms with Crippen molar-refractivity contribution in [2.45, 2.75) is 57.6 Å². The second kappa shape index (κ2) is 7.88. The minimum absolute atomic E-state index is 0.102. The number of morpholine rings is 1. The molecule has 1 aliphatic heterocycles. The van der Waals surface area contributed by atoms with E-state index in [1.165, 1.54) is 19.3 Å². The van der Waals surface area contributed by atoms with E-state index in [-0.39, 0.29) is 12.0 Å². The quantitative estimate of drug-likeness (QED) is 0.855. The van der Waals surface area contributed by atoms with Gasteiger partial charge >= 0.3 is 0 Å². The number of hydrogen-bond acceptors (Lipinski definition) is 5. The highest BCUT2D eigenvalue weighted by molar-refractivity contribution is 5.76. The van der Waals surface area contributed by atoms with Crippen molar-refractivity contribution in [2.24, 2.45) is 0 Å². The van der Waals surface area contributed by atoms with Gasteiger partial charge in [-0.2, -0.15) is 5.10 Å². The lowest BCUT2D eigenvalue weighted by atomic mass is 9.95. The summed E-state index contributed by atoms with van der Waals surface area (Å²) in [6.45, 7) is 4.90. The predicted molar refractivity (Wildman–Crippen MR) is 85.9 cm³/mol. The Morgan fingerprint density at radius 2 is 2.22 bits per heavy atom. The Hall–Kier alpha value is -1.47. The third-order valence-corrected chi connectivity index (χ3v) is 4.68. The maximum atomic E-state index is 12.1. The Morgan fingerprint density at radius 1 is 1.39 bits per heavy atom. The highest BCUT2D eigenvalue weighted by Crippen LogP contribution is 2.19. The molecular formula is C16H27N5O2. The Bertz CT molecular complexity index is 512. The van der Waals surface area contributed by atoms with Crippen LogP contribution in [0.15, 0.2) is 0 Å². The second-order valence-corrected chi connectivity index (χ2v) is 6.59. The Morgan fingerprint density at radius 3 is 2.96 bits per heavy atom. The lowest BCUT2D eigenvalue weighted by molar-refractivity contribution is -0.122. The van der Waals surface area contributed by atoms with E-state index in [4.69, 9.17) is 4.74 Å². The lowest BCUT2D eigenvalue weighted by Crippen LogP contribution is -2.42. The SMILES string of the molecule is Cc1nc(C2CN(CCC(=O)NC3CCCCC3)CCO2)n[nH]1. The maximum absolute atomic E-state index is 12.1. The van der Waals surface area contributed by atoms with Crippen molar-refractivity contribution in [1.29, 1.82) is 0 Å². The van der Waals surface area contributed by atoms with Crippen LogP contribution in [0.1, 0.15) is 56.3 Å². The largest absolute Gasteiger partial charge is 0.367 e. The van der Waals surface area contributed by atoms with Crippen molar-refractivity contribution >= 4 is 5.91 Å². The first-order valence-corrected chi connectivity index (χ1v) is 8.73. The molecule has 128 valence electrons. The molecule has 7 nitrogen and oxygen atoms in total. The predicted octanol–water partition coefficient (Wildman–Crippen LogP) is 1.33. The van der Waals surface area contributed by atoms with Crippen LogP contribution >= 0.6 is 0 Å². The number of rotatable bonds is 5. The third kappa shape index (κ3) is 4.75. The van der Waals surface area contributed by atoms with Gasteiger partial charge < -0.3 is 10.1 Å². The minimum atomic E-state index is -0.102. The zero-order valence-corrected chi connectivity index (χ0v) is 13.9. The molecular weight excluding hydrogens is 294 g/mol. The van der Waals surface area contributed by atoms with Crippen LogP contribution in [0.5, 0.6) is 0 Å². The van der Waals surface area contributed by atoms with E-state index in [0.717, 1.165) is 38.3 Å². The number of aromatic nitrogens is 3. The molecule has 7 heteroatoms. The molecule has 0 aromatic carbocycles. The highest BCUT2D eigenvalue weighted by Gasteiger charge is 2.25. The molecule has 2 heterocycles. The summed E-state index contributed by atoms with van der Waals surface area (Å²) in [6.07, 6.45) is 6.51. The van der Waals surface area contributed by atoms with E-state index in [2.05, 4.69) is 25.4 Å². The molecule has 0 bridgehead atoms. The van der Waals surface area contributed by atoms with Gasteiger partial charge in [-0.05, 0) is 19.8 Å². The van der Waals surface area contributed by atoms with E-state index in [0.29, 0.717) is 24.9 Å². The van der Waals surface area contributed by atoms with Crippen LogP contribution in [0.4, 0.5) is 0 Å². The average molecular weight is 321 g/mol. The number of carbonyl (C=O) groups is 1. The Balaban J connectivity index is 1.41. The molecule has 0 radical (unpaired) electrons. The molecule has 1 saturated heterocycles. The molecule has 3 rings (SSSR count). The van der Waals surface area contributed by atoms with Crippen LogP contribution in [0, 0.1) is 6.92 Å². The molecule has 2 fully saturated rings. The molecule has 1 saturated carbocycles. The molecule has 0 spiro atoms. The monoisotopic (exact) mass is 321 g/mol. The van der Waals surface area contributed by atoms with Crippen molar-refractivity contribution in [3.63, 3.8) is 0 Å². The zero-order chi connectivity index (χ0) is 16.1. The molecule has 1 atom stereocenters. The number of carbonyl (C=O) groups excluding carboxylic acids is 1. The molecule has 1 aromatic heterocycles. The molecule has 23 heavy (non-hydrogen) atoms. The second-order valence-electron chi connectivity index (χ2n) is 6.59. The molecule has 1 aliphatic carbocycles. The summed E-state index contributed by atoms with van der Waals surface area (Å²) < 4.78 is 5.75. The highest BCUT2D eigenvalue weighted by atomic mass is 16.5. The summed E-state index contributed by atoms with van der Waals surface area (Å²) in [5, 5.41) is 10.2. The normalized spacial score (nSPS) is 23.8. The number of amides is 1. The van der Waals surface area contributed by atoms with Gasteiger partial charge in [0.25, 0.3) is 0 Å². The van der Waals surface area contributed by atoms with Gasteiger partial charge in [0.05, 0.1) is 6.61 Å². The fourth-order valence-corrected chi connectivity index (χ4v) is 3.37. The number of hydrogen-bond donors (Lipinski definition) is 2. The fourth-order valence-electron chi connectivity index (χ4n) is 3.37. The minimum Gasteiger partial charge on any atom is -0.367 e. The van der Waals surface area contributed by atoms with Crippen LogP contribution in [0.3, 0.4) is 0 Å². The number of aromatic amines is 1. The van der Waals surface area contributed by atoms with E-state index in [9.17, 15) is 4.79 Å². The Labute approximate surface area is 137 Å². The molecule has 1 unspecified atom stereocenters. The van der Waals surface area contributed by atoms with Gasteiger partial charge in [0.2, 0.25) is 5.91 Å². The van der Waals surface area contributed by atoms with Crippen LogP contribution in [0.25, 0.3) is 0 Å². The first kappa shape index (κ1) is 16.4. The number of nitrogens with one attached hydrogen (secondary N) is 2. The molecule has 2 aliphatic rings. The van der Waals surface area contributed by atoms with Crippen LogP contribution in [-0.4, -0.2) is 58.3 Å². The summed E-state index contributed by atoms with van der Waals surface area (Å²) in [5.74, 6) is 1.68. The lowest BCUT2D eigenvalue weighted by Gasteiger charge is -2.31. The number of ether oxygens (including phenoxy) is 1.